The normalized spacial score (nSPS) is 11.2. The zero-order valence-corrected chi connectivity index (χ0v) is 13.3. The fourth-order valence-electron chi connectivity index (χ4n) is 1.85. The Morgan fingerprint density at radius 1 is 1.35 bits per heavy atom. The van der Waals surface area contributed by atoms with Gasteiger partial charge in [-0.05, 0) is 38.8 Å². The first kappa shape index (κ1) is 16.6. The first-order chi connectivity index (χ1) is 9.36. The third-order valence-electron chi connectivity index (χ3n) is 3.60. The Morgan fingerprint density at radius 3 is 2.45 bits per heavy atom. The average molecular weight is 299 g/mol. The second-order valence-corrected chi connectivity index (χ2v) is 5.45. The fraction of sp³-hybridized carbons (Fsp3) is 0.533. The molecule has 1 rings (SSSR count). The summed E-state index contributed by atoms with van der Waals surface area (Å²) in [5.41, 5.74) is 7.04. The molecule has 1 aromatic carbocycles. The molecule has 3 N–H and O–H groups in total. The minimum absolute atomic E-state index is 0.138. The van der Waals surface area contributed by atoms with E-state index in [0.29, 0.717) is 28.6 Å². The number of hydrogen-bond donors (Lipinski definition) is 2. The van der Waals surface area contributed by atoms with Crippen LogP contribution in [0.3, 0.4) is 0 Å². The number of rotatable bonds is 6. The lowest BCUT2D eigenvalue weighted by atomic mass is 9.94. The van der Waals surface area contributed by atoms with Crippen molar-refractivity contribution >= 4 is 28.9 Å². The molecule has 0 saturated heterocycles. The lowest BCUT2D eigenvalue weighted by Gasteiger charge is -2.31. The van der Waals surface area contributed by atoms with Crippen molar-refractivity contribution in [2.45, 2.75) is 46.1 Å². The van der Waals surface area contributed by atoms with E-state index in [4.69, 9.17) is 22.1 Å². The van der Waals surface area contributed by atoms with Gasteiger partial charge in [0.15, 0.2) is 0 Å². The van der Waals surface area contributed by atoms with Crippen molar-refractivity contribution in [3.05, 3.63) is 22.7 Å². The van der Waals surface area contributed by atoms with Gasteiger partial charge in [-0.15, -0.1) is 0 Å². The lowest BCUT2D eigenvalue weighted by Crippen LogP contribution is -2.34. The number of anilines is 2. The van der Waals surface area contributed by atoms with E-state index in [-0.39, 0.29) is 5.54 Å². The molecule has 112 valence electrons. The van der Waals surface area contributed by atoms with E-state index >= 15 is 0 Å². The lowest BCUT2D eigenvalue weighted by molar-refractivity contribution is 0.0527. The summed E-state index contributed by atoms with van der Waals surface area (Å²) < 4.78 is 5.07. The quantitative estimate of drug-likeness (QED) is 0.613. The Bertz CT molecular complexity index is 485. The van der Waals surface area contributed by atoms with Crippen LogP contribution in [0.5, 0.6) is 0 Å². The summed E-state index contributed by atoms with van der Waals surface area (Å²) in [6.45, 7) is 8.34. The topological polar surface area (TPSA) is 64.3 Å². The summed E-state index contributed by atoms with van der Waals surface area (Å²) in [5, 5.41) is 3.80. The molecule has 0 radical (unpaired) electrons. The Balaban J connectivity index is 3.26. The molecule has 0 aromatic heterocycles. The fourth-order valence-corrected chi connectivity index (χ4v) is 2.13. The van der Waals surface area contributed by atoms with Gasteiger partial charge in [0.25, 0.3) is 0 Å². The zero-order valence-electron chi connectivity index (χ0n) is 12.5. The summed E-state index contributed by atoms with van der Waals surface area (Å²) in [6.07, 6.45) is 1.82. The monoisotopic (exact) mass is 298 g/mol. The molecule has 0 heterocycles. The first-order valence-electron chi connectivity index (χ1n) is 6.91. The molecule has 0 fully saturated rings. The summed E-state index contributed by atoms with van der Waals surface area (Å²) in [5.74, 6) is -0.418. The summed E-state index contributed by atoms with van der Waals surface area (Å²) >= 11 is 6.25. The van der Waals surface area contributed by atoms with Gasteiger partial charge < -0.3 is 15.8 Å². The SMILES string of the molecule is CCOC(=O)c1cc(N)cc(Cl)c1NC(C)(CC)CC. The molecule has 0 aliphatic heterocycles. The average Bonchev–Trinajstić information content (AvgIpc) is 2.41. The number of benzene rings is 1. The predicted molar refractivity (Wildman–Crippen MR) is 84.4 cm³/mol. The van der Waals surface area contributed by atoms with Crippen molar-refractivity contribution in [2.75, 3.05) is 17.7 Å². The zero-order chi connectivity index (χ0) is 15.3. The van der Waals surface area contributed by atoms with Gasteiger partial charge in [0, 0.05) is 11.2 Å². The molecule has 5 heteroatoms. The Hall–Kier alpha value is -1.42. The number of halogens is 1. The van der Waals surface area contributed by atoms with E-state index in [9.17, 15) is 4.79 Å². The van der Waals surface area contributed by atoms with Crippen molar-refractivity contribution in [1.82, 2.24) is 0 Å². The second-order valence-electron chi connectivity index (χ2n) is 5.04. The van der Waals surface area contributed by atoms with Crippen LogP contribution < -0.4 is 11.1 Å². The standard InChI is InChI=1S/C15H23ClN2O2/c1-5-15(4,6-2)18-13-11(14(19)20-7-3)8-10(17)9-12(13)16/h8-9,18H,5-7,17H2,1-4H3. The number of nitrogens with two attached hydrogens (primary N) is 1. The Morgan fingerprint density at radius 2 is 1.95 bits per heavy atom. The number of nitrogen functional groups attached to an aromatic ring is 1. The molecule has 0 bridgehead atoms. The van der Waals surface area contributed by atoms with Crippen LogP contribution in [0.4, 0.5) is 11.4 Å². The molecule has 0 aliphatic carbocycles. The number of carbonyl (C=O) groups excluding carboxylic acids is 1. The minimum atomic E-state index is -0.418. The Kier molecular flexibility index (Phi) is 5.69. The van der Waals surface area contributed by atoms with Crippen LogP contribution in [0.15, 0.2) is 12.1 Å². The van der Waals surface area contributed by atoms with Crippen molar-refractivity contribution in [3.8, 4) is 0 Å². The molecule has 1 aromatic rings. The van der Waals surface area contributed by atoms with Crippen molar-refractivity contribution in [3.63, 3.8) is 0 Å². The maximum absolute atomic E-state index is 12.1. The number of hydrogen-bond acceptors (Lipinski definition) is 4. The molecule has 0 atom stereocenters. The van der Waals surface area contributed by atoms with Gasteiger partial charge in [-0.25, -0.2) is 4.79 Å². The van der Waals surface area contributed by atoms with Gasteiger partial charge in [0.05, 0.1) is 22.9 Å². The van der Waals surface area contributed by atoms with Gasteiger partial charge in [-0.3, -0.25) is 0 Å². The first-order valence-corrected chi connectivity index (χ1v) is 7.29. The van der Waals surface area contributed by atoms with Crippen LogP contribution in [0.1, 0.15) is 50.9 Å². The van der Waals surface area contributed by atoms with Crippen molar-refractivity contribution in [1.29, 1.82) is 0 Å². The van der Waals surface area contributed by atoms with Gasteiger partial charge in [-0.1, -0.05) is 25.4 Å². The van der Waals surface area contributed by atoms with Crippen LogP contribution in [-0.2, 0) is 4.74 Å². The van der Waals surface area contributed by atoms with E-state index in [0.717, 1.165) is 12.8 Å². The minimum Gasteiger partial charge on any atom is -0.462 e. The molecule has 20 heavy (non-hydrogen) atoms. The molecule has 0 saturated carbocycles. The van der Waals surface area contributed by atoms with Crippen molar-refractivity contribution in [2.24, 2.45) is 0 Å². The number of ether oxygens (including phenoxy) is 1. The summed E-state index contributed by atoms with van der Waals surface area (Å²) in [6, 6.07) is 3.23. The highest BCUT2D eigenvalue weighted by molar-refractivity contribution is 6.34. The largest absolute Gasteiger partial charge is 0.462 e. The highest BCUT2D eigenvalue weighted by Crippen LogP contribution is 2.33. The van der Waals surface area contributed by atoms with E-state index in [2.05, 4.69) is 26.1 Å². The highest BCUT2D eigenvalue weighted by atomic mass is 35.5. The molecule has 0 amide bonds. The van der Waals surface area contributed by atoms with Gasteiger partial charge in [-0.2, -0.15) is 0 Å². The highest BCUT2D eigenvalue weighted by Gasteiger charge is 2.24. The van der Waals surface area contributed by atoms with E-state index < -0.39 is 5.97 Å². The molecule has 0 unspecified atom stereocenters. The van der Waals surface area contributed by atoms with Crippen LogP contribution in [-0.4, -0.2) is 18.1 Å². The number of carbonyl (C=O) groups is 1. The van der Waals surface area contributed by atoms with Crippen LogP contribution in [0.25, 0.3) is 0 Å². The smallest absolute Gasteiger partial charge is 0.340 e. The third kappa shape index (κ3) is 3.79. The molecule has 0 aliphatic rings. The van der Waals surface area contributed by atoms with Crippen LogP contribution in [0, 0.1) is 0 Å². The summed E-state index contributed by atoms with van der Waals surface area (Å²) in [7, 11) is 0. The van der Waals surface area contributed by atoms with Crippen molar-refractivity contribution < 1.29 is 9.53 Å². The maximum Gasteiger partial charge on any atom is 0.340 e. The van der Waals surface area contributed by atoms with Crippen LogP contribution in [0.2, 0.25) is 5.02 Å². The third-order valence-corrected chi connectivity index (χ3v) is 3.89. The summed E-state index contributed by atoms with van der Waals surface area (Å²) in [4.78, 5) is 12.1. The number of nitrogens with one attached hydrogen (secondary N) is 1. The molecule has 0 spiro atoms. The van der Waals surface area contributed by atoms with Gasteiger partial charge in [0.1, 0.15) is 0 Å². The number of esters is 1. The van der Waals surface area contributed by atoms with Crippen LogP contribution >= 0.6 is 11.6 Å². The predicted octanol–water partition coefficient (Wildman–Crippen LogP) is 4.09. The van der Waals surface area contributed by atoms with E-state index in [1.807, 2.05) is 0 Å². The molecule has 4 nitrogen and oxygen atoms in total. The van der Waals surface area contributed by atoms with E-state index in [1.165, 1.54) is 0 Å². The van der Waals surface area contributed by atoms with Gasteiger partial charge in [0.2, 0.25) is 0 Å². The van der Waals surface area contributed by atoms with Gasteiger partial charge >= 0.3 is 5.97 Å². The molecular formula is C15H23ClN2O2. The molecular weight excluding hydrogens is 276 g/mol. The maximum atomic E-state index is 12.1. The Labute approximate surface area is 125 Å². The second kappa shape index (κ2) is 6.84. The van der Waals surface area contributed by atoms with E-state index in [1.54, 1.807) is 19.1 Å².